The van der Waals surface area contributed by atoms with Crippen LogP contribution in [0.3, 0.4) is 0 Å². The highest BCUT2D eigenvalue weighted by Crippen LogP contribution is 2.19. The number of carbonyl (C=O) groups excluding carboxylic acids is 1. The summed E-state index contributed by atoms with van der Waals surface area (Å²) in [4.78, 5) is 16.6. The number of hydrogen-bond donors (Lipinski definition) is 1. The van der Waals surface area contributed by atoms with Gasteiger partial charge in [0.1, 0.15) is 11.6 Å². The van der Waals surface area contributed by atoms with Gasteiger partial charge in [0.2, 0.25) is 11.0 Å². The molecule has 1 aromatic carbocycles. The molecule has 1 amide bonds. The Morgan fingerprint density at radius 2 is 2.04 bits per heavy atom. The van der Waals surface area contributed by atoms with E-state index in [0.717, 1.165) is 29.8 Å². The molecule has 3 aromatic rings. The van der Waals surface area contributed by atoms with Crippen molar-refractivity contribution in [1.29, 1.82) is 0 Å². The van der Waals surface area contributed by atoms with E-state index in [4.69, 9.17) is 4.74 Å². The van der Waals surface area contributed by atoms with E-state index in [1.807, 2.05) is 30.3 Å². The van der Waals surface area contributed by atoms with Crippen LogP contribution in [0.5, 0.6) is 5.88 Å². The number of nitrogens with zero attached hydrogens (tertiary/aromatic N) is 3. The summed E-state index contributed by atoms with van der Waals surface area (Å²) in [5.41, 5.74) is 1.51. The van der Waals surface area contributed by atoms with Crippen molar-refractivity contribution in [3.05, 3.63) is 64.8 Å². The molecule has 0 atom stereocenters. The summed E-state index contributed by atoms with van der Waals surface area (Å²) in [6, 6.07) is 13.1. The van der Waals surface area contributed by atoms with Crippen LogP contribution in [-0.4, -0.2) is 21.1 Å². The number of ether oxygens (including phenoxy) is 1. The van der Waals surface area contributed by atoms with E-state index in [2.05, 4.69) is 27.4 Å². The Hall–Kier alpha value is -2.80. The lowest BCUT2D eigenvalue weighted by Gasteiger charge is -2.07. The van der Waals surface area contributed by atoms with Gasteiger partial charge >= 0.3 is 0 Å². The van der Waals surface area contributed by atoms with Crippen molar-refractivity contribution >= 4 is 22.4 Å². The minimum Gasteiger partial charge on any atom is -0.473 e. The highest BCUT2D eigenvalue weighted by atomic mass is 32.1. The van der Waals surface area contributed by atoms with Gasteiger partial charge in [-0.3, -0.25) is 10.1 Å². The molecule has 0 aliphatic carbocycles. The van der Waals surface area contributed by atoms with Crippen LogP contribution in [0.1, 0.15) is 40.7 Å². The number of aryl methyl sites for hydroxylation is 1. The molecule has 3 rings (SSSR count). The number of benzene rings is 1. The minimum atomic E-state index is -0.254. The molecule has 2 aromatic heterocycles. The Balaban J connectivity index is 1.60. The molecule has 26 heavy (non-hydrogen) atoms. The maximum absolute atomic E-state index is 12.4. The first-order valence-electron chi connectivity index (χ1n) is 8.51. The standard InChI is InChI=1S/C19H20N4O2S/c1-2-3-9-17-22-23-19(26-17)21-18(24)15-10-11-20-16(12-15)25-13-14-7-5-4-6-8-14/h4-8,10-12H,2-3,9,13H2,1H3,(H,21,23,24). The molecule has 6 nitrogen and oxygen atoms in total. The van der Waals surface area contributed by atoms with Crippen LogP contribution in [0, 0.1) is 0 Å². The first kappa shape index (κ1) is 18.0. The zero-order valence-corrected chi connectivity index (χ0v) is 15.3. The van der Waals surface area contributed by atoms with Crippen LogP contribution >= 0.6 is 11.3 Å². The lowest BCUT2D eigenvalue weighted by atomic mass is 10.2. The molecular formula is C19H20N4O2S. The number of pyridine rings is 1. The summed E-state index contributed by atoms with van der Waals surface area (Å²) in [7, 11) is 0. The molecule has 0 aliphatic heterocycles. The Kier molecular flexibility index (Phi) is 6.27. The summed E-state index contributed by atoms with van der Waals surface area (Å²) >= 11 is 1.41. The average molecular weight is 368 g/mol. The van der Waals surface area contributed by atoms with Crippen LogP contribution in [0.4, 0.5) is 5.13 Å². The molecule has 0 radical (unpaired) electrons. The second-order valence-electron chi connectivity index (χ2n) is 5.72. The van der Waals surface area contributed by atoms with E-state index in [0.29, 0.717) is 23.2 Å². The molecule has 0 aliphatic rings. The maximum atomic E-state index is 12.4. The van der Waals surface area contributed by atoms with Gasteiger partial charge in [0.05, 0.1) is 0 Å². The SMILES string of the molecule is CCCCc1nnc(NC(=O)c2ccnc(OCc3ccccc3)c2)s1. The zero-order valence-electron chi connectivity index (χ0n) is 14.5. The number of unbranched alkanes of at least 4 members (excludes halogenated alkanes) is 1. The van der Waals surface area contributed by atoms with Crippen LogP contribution < -0.4 is 10.1 Å². The van der Waals surface area contributed by atoms with Gasteiger partial charge in [0.25, 0.3) is 5.91 Å². The second-order valence-corrected chi connectivity index (χ2v) is 6.78. The van der Waals surface area contributed by atoms with Gasteiger partial charge in [-0.1, -0.05) is 55.0 Å². The van der Waals surface area contributed by atoms with Gasteiger partial charge in [-0.15, -0.1) is 10.2 Å². The molecule has 0 saturated carbocycles. The average Bonchev–Trinajstić information content (AvgIpc) is 3.13. The van der Waals surface area contributed by atoms with E-state index in [-0.39, 0.29) is 5.91 Å². The first-order chi connectivity index (χ1) is 12.7. The Bertz CT molecular complexity index is 852. The molecule has 0 fully saturated rings. The quantitative estimate of drug-likeness (QED) is 0.647. The Labute approximate surface area is 156 Å². The lowest BCUT2D eigenvalue weighted by molar-refractivity contribution is 0.102. The Morgan fingerprint density at radius 1 is 1.19 bits per heavy atom. The van der Waals surface area contributed by atoms with Gasteiger partial charge < -0.3 is 4.74 Å². The predicted octanol–water partition coefficient (Wildman–Crippen LogP) is 4.11. The second kappa shape index (κ2) is 9.05. The van der Waals surface area contributed by atoms with Crippen molar-refractivity contribution in [1.82, 2.24) is 15.2 Å². The van der Waals surface area contributed by atoms with Crippen LogP contribution in [0.15, 0.2) is 48.7 Å². The summed E-state index contributed by atoms with van der Waals surface area (Å²) in [5, 5.41) is 12.3. The molecule has 2 heterocycles. The fourth-order valence-corrected chi connectivity index (χ4v) is 3.04. The van der Waals surface area contributed by atoms with Gasteiger partial charge in [-0.05, 0) is 18.1 Å². The molecule has 0 saturated heterocycles. The zero-order chi connectivity index (χ0) is 18.2. The molecular weight excluding hydrogens is 348 g/mol. The molecule has 0 unspecified atom stereocenters. The topological polar surface area (TPSA) is 77.0 Å². The molecule has 1 N–H and O–H groups in total. The van der Waals surface area contributed by atoms with E-state index in [1.165, 1.54) is 11.3 Å². The number of hydrogen-bond acceptors (Lipinski definition) is 6. The van der Waals surface area contributed by atoms with Crippen molar-refractivity contribution in [2.75, 3.05) is 5.32 Å². The normalized spacial score (nSPS) is 10.5. The lowest BCUT2D eigenvalue weighted by Crippen LogP contribution is -2.12. The number of anilines is 1. The summed E-state index contributed by atoms with van der Waals surface area (Å²) in [6.45, 7) is 2.53. The highest BCUT2D eigenvalue weighted by Gasteiger charge is 2.11. The van der Waals surface area contributed by atoms with E-state index in [9.17, 15) is 4.79 Å². The van der Waals surface area contributed by atoms with E-state index in [1.54, 1.807) is 18.3 Å². The third-order valence-corrected chi connectivity index (χ3v) is 4.56. The van der Waals surface area contributed by atoms with Crippen molar-refractivity contribution in [3.63, 3.8) is 0 Å². The molecule has 0 spiro atoms. The molecule has 134 valence electrons. The number of amides is 1. The fraction of sp³-hybridized carbons (Fsp3) is 0.263. The fourth-order valence-electron chi connectivity index (χ4n) is 2.26. The van der Waals surface area contributed by atoms with Gasteiger partial charge in [0.15, 0.2) is 0 Å². The first-order valence-corrected chi connectivity index (χ1v) is 9.32. The number of carbonyl (C=O) groups is 1. The van der Waals surface area contributed by atoms with Crippen molar-refractivity contribution in [2.45, 2.75) is 32.8 Å². The maximum Gasteiger partial charge on any atom is 0.257 e. The Morgan fingerprint density at radius 3 is 2.85 bits per heavy atom. The predicted molar refractivity (Wildman–Crippen MR) is 101 cm³/mol. The summed E-state index contributed by atoms with van der Waals surface area (Å²) < 4.78 is 5.67. The smallest absolute Gasteiger partial charge is 0.257 e. The van der Waals surface area contributed by atoms with Crippen LogP contribution in [0.2, 0.25) is 0 Å². The van der Waals surface area contributed by atoms with Crippen LogP contribution in [-0.2, 0) is 13.0 Å². The van der Waals surface area contributed by atoms with Gasteiger partial charge in [-0.2, -0.15) is 0 Å². The monoisotopic (exact) mass is 368 g/mol. The van der Waals surface area contributed by atoms with Crippen molar-refractivity contribution < 1.29 is 9.53 Å². The molecule has 0 bridgehead atoms. The third-order valence-electron chi connectivity index (χ3n) is 3.66. The number of aromatic nitrogens is 3. The molecule has 7 heteroatoms. The highest BCUT2D eigenvalue weighted by molar-refractivity contribution is 7.15. The summed E-state index contributed by atoms with van der Waals surface area (Å²) in [5.74, 6) is 0.151. The van der Waals surface area contributed by atoms with E-state index >= 15 is 0 Å². The summed E-state index contributed by atoms with van der Waals surface area (Å²) in [6.07, 6.45) is 4.61. The van der Waals surface area contributed by atoms with Gasteiger partial charge in [-0.25, -0.2) is 4.98 Å². The van der Waals surface area contributed by atoms with Crippen molar-refractivity contribution in [2.24, 2.45) is 0 Å². The van der Waals surface area contributed by atoms with Crippen LogP contribution in [0.25, 0.3) is 0 Å². The minimum absolute atomic E-state index is 0.254. The number of rotatable bonds is 8. The van der Waals surface area contributed by atoms with E-state index < -0.39 is 0 Å². The van der Waals surface area contributed by atoms with Crippen molar-refractivity contribution in [3.8, 4) is 5.88 Å². The number of nitrogens with one attached hydrogen (secondary N) is 1. The third kappa shape index (κ3) is 5.10. The van der Waals surface area contributed by atoms with Gasteiger partial charge in [0, 0.05) is 24.2 Å². The largest absolute Gasteiger partial charge is 0.473 e.